The van der Waals surface area contributed by atoms with Crippen LogP contribution in [0, 0.1) is 0 Å². The van der Waals surface area contributed by atoms with Crippen LogP contribution in [0.3, 0.4) is 0 Å². The maximum Gasteiger partial charge on any atom is 0.311 e. The summed E-state index contributed by atoms with van der Waals surface area (Å²) in [6.45, 7) is 1.71. The van der Waals surface area contributed by atoms with E-state index in [1.54, 1.807) is 31.2 Å². The molecule has 21 heavy (non-hydrogen) atoms. The maximum absolute atomic E-state index is 11.6. The number of benzene rings is 1. The summed E-state index contributed by atoms with van der Waals surface area (Å²) in [5.74, 6) is 0.226. The summed E-state index contributed by atoms with van der Waals surface area (Å²) in [4.78, 5) is 23.5. The number of rotatable bonds is 4. The first-order chi connectivity index (χ1) is 10.0. The minimum atomic E-state index is -0.338. The molecule has 110 valence electrons. The quantitative estimate of drug-likeness (QED) is 0.397. The average Bonchev–Trinajstić information content (AvgIpc) is 2.78. The van der Waals surface area contributed by atoms with Gasteiger partial charge in [0, 0.05) is 6.42 Å². The molecule has 5 nitrogen and oxygen atoms in total. The standard InChI is InChI=1S/C14H13NO4S2/c1-3-12(16)19-9-5-4-8(6-10(9)18-2)7-11-13(17)15-14(20)21-11/h4-7H,3H2,1-2H3,(H,15,17,20)/b11-7+. The lowest BCUT2D eigenvalue weighted by atomic mass is 10.2. The fraction of sp³-hybridized carbons (Fsp3) is 0.214. The van der Waals surface area contributed by atoms with Gasteiger partial charge in [-0.3, -0.25) is 9.59 Å². The van der Waals surface area contributed by atoms with Crippen molar-refractivity contribution in [1.82, 2.24) is 5.32 Å². The van der Waals surface area contributed by atoms with E-state index in [0.717, 1.165) is 5.56 Å². The third-order valence-electron chi connectivity index (χ3n) is 2.64. The number of thioether (sulfide) groups is 1. The molecule has 0 spiro atoms. The van der Waals surface area contributed by atoms with Crippen molar-refractivity contribution in [3.05, 3.63) is 28.7 Å². The molecule has 0 aliphatic carbocycles. The van der Waals surface area contributed by atoms with Crippen molar-refractivity contribution in [2.24, 2.45) is 0 Å². The lowest BCUT2D eigenvalue weighted by molar-refractivity contribution is -0.134. The fourth-order valence-electron chi connectivity index (χ4n) is 1.63. The van der Waals surface area contributed by atoms with Crippen molar-refractivity contribution in [3.63, 3.8) is 0 Å². The van der Waals surface area contributed by atoms with Crippen molar-refractivity contribution in [2.75, 3.05) is 7.11 Å². The number of amides is 1. The molecule has 1 N–H and O–H groups in total. The number of carbonyl (C=O) groups excluding carboxylic acids is 2. The zero-order valence-electron chi connectivity index (χ0n) is 11.5. The fourth-order valence-corrected chi connectivity index (χ4v) is 2.67. The van der Waals surface area contributed by atoms with E-state index in [-0.39, 0.29) is 18.3 Å². The van der Waals surface area contributed by atoms with Gasteiger partial charge in [0.2, 0.25) is 0 Å². The number of hydrogen-bond donors (Lipinski definition) is 1. The van der Waals surface area contributed by atoms with Gasteiger partial charge in [-0.15, -0.1) is 0 Å². The Morgan fingerprint density at radius 3 is 2.76 bits per heavy atom. The maximum atomic E-state index is 11.6. The Morgan fingerprint density at radius 2 is 2.19 bits per heavy atom. The van der Waals surface area contributed by atoms with E-state index in [9.17, 15) is 9.59 Å². The van der Waals surface area contributed by atoms with Crippen LogP contribution in [0.4, 0.5) is 0 Å². The van der Waals surface area contributed by atoms with Crippen molar-refractivity contribution in [1.29, 1.82) is 0 Å². The SMILES string of the molecule is CCC(=O)Oc1ccc(/C=C2/SC(=S)NC2=O)cc1OC. The van der Waals surface area contributed by atoms with Crippen LogP contribution in [-0.4, -0.2) is 23.3 Å². The second kappa shape index (κ2) is 6.73. The van der Waals surface area contributed by atoms with Gasteiger partial charge in [-0.05, 0) is 23.8 Å². The molecule has 1 fully saturated rings. The first-order valence-corrected chi connectivity index (χ1v) is 7.39. The molecule has 1 amide bonds. The second-order valence-electron chi connectivity index (χ2n) is 4.09. The minimum Gasteiger partial charge on any atom is -0.493 e. The molecular formula is C14H13NO4S2. The van der Waals surface area contributed by atoms with Crippen molar-refractivity contribution < 1.29 is 19.1 Å². The van der Waals surface area contributed by atoms with Crippen LogP contribution < -0.4 is 14.8 Å². The lowest BCUT2D eigenvalue weighted by Gasteiger charge is -2.09. The molecule has 0 aromatic heterocycles. The van der Waals surface area contributed by atoms with E-state index in [0.29, 0.717) is 20.7 Å². The van der Waals surface area contributed by atoms with Crippen LogP contribution in [0.1, 0.15) is 18.9 Å². The van der Waals surface area contributed by atoms with Crippen LogP contribution in [0.15, 0.2) is 23.1 Å². The highest BCUT2D eigenvalue weighted by molar-refractivity contribution is 8.26. The first-order valence-electron chi connectivity index (χ1n) is 6.17. The summed E-state index contributed by atoms with van der Waals surface area (Å²) in [7, 11) is 1.49. The summed E-state index contributed by atoms with van der Waals surface area (Å²) in [6, 6.07) is 5.07. The van der Waals surface area contributed by atoms with E-state index >= 15 is 0 Å². The number of ether oxygens (including phenoxy) is 2. The number of carbonyl (C=O) groups is 2. The highest BCUT2D eigenvalue weighted by Gasteiger charge is 2.22. The molecule has 2 rings (SSSR count). The zero-order valence-corrected chi connectivity index (χ0v) is 13.1. The van der Waals surface area contributed by atoms with E-state index < -0.39 is 0 Å². The normalized spacial score (nSPS) is 16.0. The van der Waals surface area contributed by atoms with Gasteiger partial charge in [0.05, 0.1) is 12.0 Å². The van der Waals surface area contributed by atoms with Crippen LogP contribution in [0.25, 0.3) is 6.08 Å². The summed E-state index contributed by atoms with van der Waals surface area (Å²) in [5.41, 5.74) is 0.755. The molecule has 0 bridgehead atoms. The largest absolute Gasteiger partial charge is 0.493 e. The van der Waals surface area contributed by atoms with E-state index in [1.165, 1.54) is 18.9 Å². The van der Waals surface area contributed by atoms with Crippen LogP contribution in [0.5, 0.6) is 11.5 Å². The molecule has 7 heteroatoms. The van der Waals surface area contributed by atoms with E-state index in [1.807, 2.05) is 0 Å². The molecule has 1 heterocycles. The van der Waals surface area contributed by atoms with Gasteiger partial charge in [0.15, 0.2) is 11.5 Å². The topological polar surface area (TPSA) is 64.6 Å². The van der Waals surface area contributed by atoms with E-state index in [4.69, 9.17) is 21.7 Å². The number of hydrogen-bond acceptors (Lipinski definition) is 6. The Morgan fingerprint density at radius 1 is 1.43 bits per heavy atom. The van der Waals surface area contributed by atoms with Gasteiger partial charge in [0.25, 0.3) is 5.91 Å². The van der Waals surface area contributed by atoms with Crippen molar-refractivity contribution in [3.8, 4) is 11.5 Å². The Kier molecular flexibility index (Phi) is 4.98. The Balaban J connectivity index is 2.27. The number of esters is 1. The molecule has 1 aromatic carbocycles. The predicted molar refractivity (Wildman–Crippen MR) is 85.2 cm³/mol. The third kappa shape index (κ3) is 3.83. The molecule has 1 aliphatic heterocycles. The summed E-state index contributed by atoms with van der Waals surface area (Å²) in [5, 5.41) is 2.55. The Hall–Kier alpha value is -1.86. The van der Waals surface area contributed by atoms with Crippen LogP contribution in [0.2, 0.25) is 0 Å². The molecule has 1 saturated heterocycles. The summed E-state index contributed by atoms with van der Waals surface area (Å²) < 4.78 is 10.8. The minimum absolute atomic E-state index is 0.217. The van der Waals surface area contributed by atoms with Crippen molar-refractivity contribution in [2.45, 2.75) is 13.3 Å². The smallest absolute Gasteiger partial charge is 0.311 e. The number of thiocarbonyl (C=S) groups is 1. The molecule has 0 atom stereocenters. The van der Waals surface area contributed by atoms with Crippen LogP contribution in [-0.2, 0) is 9.59 Å². The Bertz CT molecular complexity index is 640. The van der Waals surface area contributed by atoms with Crippen molar-refractivity contribution >= 4 is 46.3 Å². The number of methoxy groups -OCH3 is 1. The summed E-state index contributed by atoms with van der Waals surface area (Å²) in [6.07, 6.45) is 1.98. The molecule has 0 radical (unpaired) electrons. The lowest BCUT2D eigenvalue weighted by Crippen LogP contribution is -2.17. The van der Waals surface area contributed by atoms with Gasteiger partial charge in [0.1, 0.15) is 4.32 Å². The summed E-state index contributed by atoms with van der Waals surface area (Å²) >= 11 is 6.13. The molecule has 1 aromatic rings. The van der Waals surface area contributed by atoms with Crippen LogP contribution >= 0.6 is 24.0 Å². The van der Waals surface area contributed by atoms with E-state index in [2.05, 4.69) is 5.32 Å². The highest BCUT2D eigenvalue weighted by atomic mass is 32.2. The van der Waals surface area contributed by atoms with Gasteiger partial charge >= 0.3 is 5.97 Å². The zero-order chi connectivity index (χ0) is 15.4. The van der Waals surface area contributed by atoms with Gasteiger partial charge in [-0.2, -0.15) is 0 Å². The highest BCUT2D eigenvalue weighted by Crippen LogP contribution is 2.31. The predicted octanol–water partition coefficient (Wildman–Crippen LogP) is 2.50. The Labute approximate surface area is 131 Å². The van der Waals surface area contributed by atoms with Gasteiger partial charge in [-0.25, -0.2) is 0 Å². The molecule has 0 saturated carbocycles. The first kappa shape index (κ1) is 15.5. The van der Waals surface area contributed by atoms with Gasteiger partial charge < -0.3 is 14.8 Å². The third-order valence-corrected chi connectivity index (χ3v) is 3.80. The second-order valence-corrected chi connectivity index (χ2v) is 5.81. The van der Waals surface area contributed by atoms with Gasteiger partial charge in [-0.1, -0.05) is 37.0 Å². The average molecular weight is 323 g/mol. The number of nitrogens with one attached hydrogen (secondary N) is 1. The monoisotopic (exact) mass is 323 g/mol. The molecular weight excluding hydrogens is 310 g/mol. The molecule has 0 unspecified atom stereocenters. The molecule has 1 aliphatic rings.